The summed E-state index contributed by atoms with van der Waals surface area (Å²) in [6.45, 7) is 5.90. The number of carbonyl (C=O) groups is 1. The normalized spacial score (nSPS) is 24.0. The summed E-state index contributed by atoms with van der Waals surface area (Å²) in [6.07, 6.45) is 1.79. The van der Waals surface area contributed by atoms with E-state index < -0.39 is 5.41 Å². The molecule has 0 unspecified atom stereocenters. The molecule has 0 radical (unpaired) electrons. The lowest BCUT2D eigenvalue weighted by molar-refractivity contribution is -0.144. The van der Waals surface area contributed by atoms with Gasteiger partial charge in [0.15, 0.2) is 0 Å². The van der Waals surface area contributed by atoms with E-state index in [1.54, 1.807) is 6.07 Å². The van der Waals surface area contributed by atoms with Crippen LogP contribution in [0.15, 0.2) is 24.3 Å². The number of benzene rings is 1. The molecule has 1 amide bonds. The molecule has 0 bridgehead atoms. The van der Waals surface area contributed by atoms with Gasteiger partial charge in [-0.2, -0.15) is 5.26 Å². The standard InChI is InChI=1S/C17H23N3O/c1-3-20(4-2)16(21)17(9-8-15(17)12-19)14-7-5-6-13(10-14)11-18/h5-7,10,15H,3-4,8-9,12,19H2,1-2H3/t15-,17+/m0/s1. The molecule has 0 spiro atoms. The van der Waals surface area contributed by atoms with Crippen molar-refractivity contribution < 1.29 is 4.79 Å². The first-order valence-electron chi connectivity index (χ1n) is 7.64. The Morgan fingerprint density at radius 1 is 1.48 bits per heavy atom. The van der Waals surface area contributed by atoms with Crippen LogP contribution in [0.4, 0.5) is 0 Å². The van der Waals surface area contributed by atoms with Crippen molar-refractivity contribution in [3.05, 3.63) is 35.4 Å². The second kappa shape index (κ2) is 6.28. The van der Waals surface area contributed by atoms with E-state index in [0.29, 0.717) is 25.2 Å². The molecule has 2 rings (SSSR count). The number of likely N-dealkylation sites (N-methyl/N-ethyl adjacent to an activating group) is 1. The van der Waals surface area contributed by atoms with Gasteiger partial charge >= 0.3 is 0 Å². The monoisotopic (exact) mass is 285 g/mol. The second-order valence-corrected chi connectivity index (χ2v) is 5.61. The highest BCUT2D eigenvalue weighted by Gasteiger charge is 2.54. The molecule has 112 valence electrons. The number of nitrogens with zero attached hydrogens (tertiary/aromatic N) is 2. The molecule has 0 aromatic heterocycles. The van der Waals surface area contributed by atoms with Gasteiger partial charge in [0, 0.05) is 13.1 Å². The molecule has 1 aliphatic rings. The minimum absolute atomic E-state index is 0.157. The fraction of sp³-hybridized carbons (Fsp3) is 0.529. The zero-order chi connectivity index (χ0) is 15.5. The van der Waals surface area contributed by atoms with Crippen LogP contribution in [0.2, 0.25) is 0 Å². The maximum Gasteiger partial charge on any atom is 0.233 e. The number of carbonyl (C=O) groups excluding carboxylic acids is 1. The molecule has 2 N–H and O–H groups in total. The highest BCUT2D eigenvalue weighted by Crippen LogP contribution is 2.49. The van der Waals surface area contributed by atoms with E-state index in [2.05, 4.69) is 6.07 Å². The maximum atomic E-state index is 13.1. The van der Waals surface area contributed by atoms with Crippen molar-refractivity contribution in [2.75, 3.05) is 19.6 Å². The van der Waals surface area contributed by atoms with Crippen molar-refractivity contribution in [2.24, 2.45) is 11.7 Å². The lowest BCUT2D eigenvalue weighted by Gasteiger charge is -2.50. The number of nitrogens with two attached hydrogens (primary N) is 1. The van der Waals surface area contributed by atoms with Gasteiger partial charge in [-0.1, -0.05) is 12.1 Å². The van der Waals surface area contributed by atoms with E-state index >= 15 is 0 Å². The molecule has 1 aromatic rings. The Hall–Kier alpha value is -1.86. The largest absolute Gasteiger partial charge is 0.342 e. The summed E-state index contributed by atoms with van der Waals surface area (Å²) in [6, 6.07) is 9.60. The molecule has 1 aliphatic carbocycles. The Morgan fingerprint density at radius 2 is 2.19 bits per heavy atom. The van der Waals surface area contributed by atoms with Gasteiger partial charge in [-0.25, -0.2) is 0 Å². The van der Waals surface area contributed by atoms with E-state index in [4.69, 9.17) is 11.0 Å². The third-order valence-corrected chi connectivity index (χ3v) is 4.81. The average molecular weight is 285 g/mol. The van der Waals surface area contributed by atoms with Crippen molar-refractivity contribution in [1.29, 1.82) is 5.26 Å². The second-order valence-electron chi connectivity index (χ2n) is 5.61. The number of nitriles is 1. The van der Waals surface area contributed by atoms with Gasteiger partial charge in [-0.15, -0.1) is 0 Å². The van der Waals surface area contributed by atoms with Crippen LogP contribution < -0.4 is 5.73 Å². The van der Waals surface area contributed by atoms with Crippen molar-refractivity contribution in [1.82, 2.24) is 4.90 Å². The summed E-state index contributed by atoms with van der Waals surface area (Å²) in [5, 5.41) is 9.11. The lowest BCUT2D eigenvalue weighted by atomic mass is 9.55. The highest BCUT2D eigenvalue weighted by molar-refractivity contribution is 5.90. The Labute approximate surface area is 126 Å². The predicted molar refractivity (Wildman–Crippen MR) is 82.5 cm³/mol. The molecule has 0 aliphatic heterocycles. The number of rotatable bonds is 5. The fourth-order valence-corrected chi connectivity index (χ4v) is 3.40. The van der Waals surface area contributed by atoms with Crippen molar-refractivity contribution in [2.45, 2.75) is 32.1 Å². The first-order chi connectivity index (χ1) is 10.1. The quantitative estimate of drug-likeness (QED) is 0.900. The number of hydrogen-bond acceptors (Lipinski definition) is 3. The van der Waals surface area contributed by atoms with Gasteiger partial charge in [0.25, 0.3) is 0 Å². The SMILES string of the molecule is CCN(CC)C(=O)[C@@]1(c2cccc(C#N)c2)CC[C@H]1CN. The topological polar surface area (TPSA) is 70.1 Å². The molecule has 21 heavy (non-hydrogen) atoms. The molecule has 0 saturated heterocycles. The molecule has 4 nitrogen and oxygen atoms in total. The van der Waals surface area contributed by atoms with Gasteiger partial charge < -0.3 is 10.6 Å². The van der Waals surface area contributed by atoms with E-state index in [1.165, 1.54) is 0 Å². The summed E-state index contributed by atoms with van der Waals surface area (Å²) < 4.78 is 0. The smallest absolute Gasteiger partial charge is 0.233 e. The Morgan fingerprint density at radius 3 is 2.67 bits per heavy atom. The van der Waals surface area contributed by atoms with Crippen LogP contribution in [0, 0.1) is 17.2 Å². The van der Waals surface area contributed by atoms with E-state index in [1.807, 2.05) is 36.9 Å². The molecular weight excluding hydrogens is 262 g/mol. The Kier molecular flexibility index (Phi) is 4.64. The predicted octanol–water partition coefficient (Wildman–Crippen LogP) is 2.03. The van der Waals surface area contributed by atoms with Gasteiger partial charge in [0.2, 0.25) is 5.91 Å². The summed E-state index contributed by atoms with van der Waals surface area (Å²) in [5.74, 6) is 0.323. The first-order valence-corrected chi connectivity index (χ1v) is 7.64. The highest BCUT2D eigenvalue weighted by atomic mass is 16.2. The van der Waals surface area contributed by atoms with Crippen LogP contribution in [0.25, 0.3) is 0 Å². The number of amides is 1. The summed E-state index contributed by atoms with van der Waals surface area (Å²) >= 11 is 0. The van der Waals surface area contributed by atoms with E-state index in [0.717, 1.165) is 18.4 Å². The van der Waals surface area contributed by atoms with Crippen molar-refractivity contribution in [3.63, 3.8) is 0 Å². The van der Waals surface area contributed by atoms with Crippen LogP contribution in [-0.2, 0) is 10.2 Å². The van der Waals surface area contributed by atoms with Gasteiger partial charge in [-0.3, -0.25) is 4.79 Å². The zero-order valence-electron chi connectivity index (χ0n) is 12.8. The molecule has 2 atom stereocenters. The number of hydrogen-bond donors (Lipinski definition) is 1. The zero-order valence-corrected chi connectivity index (χ0v) is 12.8. The molecular formula is C17H23N3O. The third kappa shape index (κ3) is 2.43. The minimum Gasteiger partial charge on any atom is -0.342 e. The fourth-order valence-electron chi connectivity index (χ4n) is 3.40. The Balaban J connectivity index is 2.48. The molecule has 1 fully saturated rings. The third-order valence-electron chi connectivity index (χ3n) is 4.81. The summed E-state index contributed by atoms with van der Waals surface area (Å²) in [4.78, 5) is 14.9. The molecule has 4 heteroatoms. The summed E-state index contributed by atoms with van der Waals surface area (Å²) in [7, 11) is 0. The maximum absolute atomic E-state index is 13.1. The van der Waals surface area contributed by atoms with Gasteiger partial charge in [-0.05, 0) is 56.8 Å². The summed E-state index contributed by atoms with van der Waals surface area (Å²) in [5.41, 5.74) is 6.91. The van der Waals surface area contributed by atoms with Gasteiger partial charge in [0.1, 0.15) is 0 Å². The van der Waals surface area contributed by atoms with Crippen LogP contribution in [-0.4, -0.2) is 30.4 Å². The van der Waals surface area contributed by atoms with Crippen LogP contribution >= 0.6 is 0 Å². The average Bonchev–Trinajstić information content (AvgIpc) is 2.49. The van der Waals surface area contributed by atoms with Gasteiger partial charge in [0.05, 0.1) is 17.0 Å². The minimum atomic E-state index is -0.534. The molecule has 1 aromatic carbocycles. The Bertz CT molecular complexity index is 557. The molecule has 1 saturated carbocycles. The van der Waals surface area contributed by atoms with Crippen LogP contribution in [0.3, 0.4) is 0 Å². The molecule has 0 heterocycles. The van der Waals surface area contributed by atoms with Crippen molar-refractivity contribution in [3.8, 4) is 6.07 Å². The van der Waals surface area contributed by atoms with Crippen LogP contribution in [0.1, 0.15) is 37.8 Å². The first kappa shape index (κ1) is 15.5. The van der Waals surface area contributed by atoms with E-state index in [-0.39, 0.29) is 11.8 Å². The lowest BCUT2D eigenvalue weighted by Crippen LogP contribution is -2.58. The van der Waals surface area contributed by atoms with E-state index in [9.17, 15) is 4.79 Å². The van der Waals surface area contributed by atoms with Crippen LogP contribution in [0.5, 0.6) is 0 Å². The van der Waals surface area contributed by atoms with Crippen molar-refractivity contribution >= 4 is 5.91 Å².